The lowest BCUT2D eigenvalue weighted by Gasteiger charge is -2.14. The molecule has 0 spiro atoms. The average Bonchev–Trinajstić information content (AvgIpc) is 2.58. The predicted molar refractivity (Wildman–Crippen MR) is 72.8 cm³/mol. The third-order valence-corrected chi connectivity index (χ3v) is 4.74. The third-order valence-electron chi connectivity index (χ3n) is 2.80. The minimum atomic E-state index is -4.00. The Hall–Kier alpha value is -1.73. The number of hydrogen-bond acceptors (Lipinski definition) is 5. The molecule has 1 aliphatic rings. The third kappa shape index (κ3) is 2.12. The summed E-state index contributed by atoms with van der Waals surface area (Å²) in [6.45, 7) is 3.12. The van der Waals surface area contributed by atoms with Crippen molar-refractivity contribution in [1.82, 2.24) is 4.31 Å². The van der Waals surface area contributed by atoms with E-state index in [-0.39, 0.29) is 27.8 Å². The SMILES string of the molecule is C=C(Cl)CN1C(=O)c2cc(OC)cc(OC)c2S1(=O)=O. The summed E-state index contributed by atoms with van der Waals surface area (Å²) in [6.07, 6.45) is 0. The number of hydrogen-bond donors (Lipinski definition) is 0. The number of amides is 1. The van der Waals surface area contributed by atoms with Crippen molar-refractivity contribution in [3.05, 3.63) is 29.3 Å². The average molecular weight is 318 g/mol. The van der Waals surface area contributed by atoms with E-state index in [0.29, 0.717) is 10.1 Å². The van der Waals surface area contributed by atoms with E-state index >= 15 is 0 Å². The van der Waals surface area contributed by atoms with E-state index in [2.05, 4.69) is 6.58 Å². The van der Waals surface area contributed by atoms with Gasteiger partial charge in [-0.1, -0.05) is 18.2 Å². The van der Waals surface area contributed by atoms with Gasteiger partial charge in [-0.25, -0.2) is 12.7 Å². The summed E-state index contributed by atoms with van der Waals surface area (Å²) in [5, 5.41) is 0.0423. The van der Waals surface area contributed by atoms with Crippen molar-refractivity contribution in [2.24, 2.45) is 0 Å². The second-order valence-electron chi connectivity index (χ2n) is 4.04. The number of benzene rings is 1. The van der Waals surface area contributed by atoms with E-state index in [1.807, 2.05) is 0 Å². The molecular weight excluding hydrogens is 306 g/mol. The largest absolute Gasteiger partial charge is 0.497 e. The second-order valence-corrected chi connectivity index (χ2v) is 6.37. The molecule has 1 amide bonds. The van der Waals surface area contributed by atoms with Crippen molar-refractivity contribution >= 4 is 27.5 Å². The first-order valence-corrected chi connectivity index (χ1v) is 7.31. The van der Waals surface area contributed by atoms with E-state index in [9.17, 15) is 13.2 Å². The fourth-order valence-corrected chi connectivity index (χ4v) is 3.81. The van der Waals surface area contributed by atoms with E-state index in [0.717, 1.165) is 0 Å². The van der Waals surface area contributed by atoms with Crippen molar-refractivity contribution < 1.29 is 22.7 Å². The van der Waals surface area contributed by atoms with Crippen LogP contribution in [0.4, 0.5) is 0 Å². The predicted octanol–water partition coefficient (Wildman–Crippen LogP) is 1.60. The zero-order valence-corrected chi connectivity index (χ0v) is 12.4. The fourth-order valence-electron chi connectivity index (χ4n) is 1.94. The van der Waals surface area contributed by atoms with Crippen LogP contribution in [0.15, 0.2) is 28.6 Å². The first-order chi connectivity index (χ1) is 9.32. The molecule has 20 heavy (non-hydrogen) atoms. The second kappa shape index (κ2) is 4.99. The van der Waals surface area contributed by atoms with Gasteiger partial charge in [0.15, 0.2) is 0 Å². The Morgan fingerprint density at radius 1 is 1.35 bits per heavy atom. The summed E-state index contributed by atoms with van der Waals surface area (Å²) in [7, 11) is -1.27. The smallest absolute Gasteiger partial charge is 0.271 e. The number of ether oxygens (including phenoxy) is 2. The molecular formula is C12H12ClNO5S. The number of nitrogens with zero attached hydrogens (tertiary/aromatic N) is 1. The number of sulfonamides is 1. The lowest BCUT2D eigenvalue weighted by Crippen LogP contribution is -2.31. The molecule has 1 heterocycles. The van der Waals surface area contributed by atoms with Crippen LogP contribution in [0.3, 0.4) is 0 Å². The Balaban J connectivity index is 2.69. The molecule has 1 aliphatic heterocycles. The van der Waals surface area contributed by atoms with E-state index < -0.39 is 15.9 Å². The molecule has 0 fully saturated rings. The van der Waals surface area contributed by atoms with Gasteiger partial charge in [0.1, 0.15) is 16.4 Å². The van der Waals surface area contributed by atoms with Crippen LogP contribution >= 0.6 is 11.6 Å². The highest BCUT2D eigenvalue weighted by molar-refractivity contribution is 7.90. The van der Waals surface area contributed by atoms with Crippen LogP contribution in [-0.2, 0) is 10.0 Å². The van der Waals surface area contributed by atoms with Crippen molar-refractivity contribution in [2.75, 3.05) is 20.8 Å². The van der Waals surface area contributed by atoms with Crippen molar-refractivity contribution in [2.45, 2.75) is 4.90 Å². The Morgan fingerprint density at radius 3 is 2.50 bits per heavy atom. The molecule has 0 saturated carbocycles. The standard InChI is InChI=1S/C12H12ClNO5S/c1-7(13)6-14-12(15)9-4-8(18-2)5-10(19-3)11(9)20(14,16)17/h4-5H,1,6H2,2-3H3. The highest BCUT2D eigenvalue weighted by Crippen LogP contribution is 2.40. The maximum atomic E-state index is 12.4. The van der Waals surface area contributed by atoms with Gasteiger partial charge in [-0.15, -0.1) is 0 Å². The number of carbonyl (C=O) groups is 1. The molecule has 0 saturated heterocycles. The highest BCUT2D eigenvalue weighted by Gasteiger charge is 2.44. The van der Waals surface area contributed by atoms with Gasteiger partial charge in [0.05, 0.1) is 26.3 Å². The topological polar surface area (TPSA) is 72.9 Å². The van der Waals surface area contributed by atoms with Gasteiger partial charge in [0, 0.05) is 11.1 Å². The van der Waals surface area contributed by atoms with Crippen LogP contribution in [0, 0.1) is 0 Å². The van der Waals surface area contributed by atoms with Crippen molar-refractivity contribution in [3.63, 3.8) is 0 Å². The molecule has 108 valence electrons. The minimum Gasteiger partial charge on any atom is -0.497 e. The zero-order valence-electron chi connectivity index (χ0n) is 10.8. The van der Waals surface area contributed by atoms with Crippen molar-refractivity contribution in [3.8, 4) is 11.5 Å². The van der Waals surface area contributed by atoms with Crippen LogP contribution in [0.1, 0.15) is 10.4 Å². The molecule has 0 radical (unpaired) electrons. The quantitative estimate of drug-likeness (QED) is 0.843. The summed E-state index contributed by atoms with van der Waals surface area (Å²) < 4.78 is 35.5. The molecule has 0 atom stereocenters. The minimum absolute atomic E-state index is 0.000818. The molecule has 6 nitrogen and oxygen atoms in total. The number of fused-ring (bicyclic) bond motifs is 1. The Kier molecular flexibility index (Phi) is 3.66. The summed E-state index contributed by atoms with van der Waals surface area (Å²) in [5.41, 5.74) is -0.000818. The molecule has 0 aromatic heterocycles. The monoisotopic (exact) mass is 317 g/mol. The molecule has 2 rings (SSSR count). The normalized spacial score (nSPS) is 15.9. The van der Waals surface area contributed by atoms with Crippen LogP contribution in [0.25, 0.3) is 0 Å². The number of methoxy groups -OCH3 is 2. The van der Waals surface area contributed by atoms with Crippen LogP contribution in [0.2, 0.25) is 0 Å². The zero-order chi connectivity index (χ0) is 15.1. The van der Waals surface area contributed by atoms with Gasteiger partial charge >= 0.3 is 0 Å². The highest BCUT2D eigenvalue weighted by atomic mass is 35.5. The summed E-state index contributed by atoms with van der Waals surface area (Å²) >= 11 is 5.62. The molecule has 8 heteroatoms. The van der Waals surface area contributed by atoms with Gasteiger partial charge in [-0.2, -0.15) is 0 Å². The van der Waals surface area contributed by atoms with E-state index in [1.165, 1.54) is 26.4 Å². The Morgan fingerprint density at radius 2 is 2.00 bits per heavy atom. The van der Waals surface area contributed by atoms with Crippen molar-refractivity contribution in [1.29, 1.82) is 0 Å². The number of halogens is 1. The van der Waals surface area contributed by atoms with E-state index in [4.69, 9.17) is 21.1 Å². The molecule has 1 aromatic rings. The summed E-state index contributed by atoms with van der Waals surface area (Å²) in [6, 6.07) is 2.76. The maximum absolute atomic E-state index is 12.4. The van der Waals surface area contributed by atoms with Gasteiger partial charge in [-0.05, 0) is 6.07 Å². The lowest BCUT2D eigenvalue weighted by atomic mass is 10.2. The molecule has 0 bridgehead atoms. The Labute approximate surface area is 121 Å². The number of rotatable bonds is 4. The first-order valence-electron chi connectivity index (χ1n) is 5.49. The van der Waals surface area contributed by atoms with Gasteiger partial charge in [0.25, 0.3) is 15.9 Å². The lowest BCUT2D eigenvalue weighted by molar-refractivity contribution is 0.0879. The van der Waals surface area contributed by atoms with Gasteiger partial charge < -0.3 is 9.47 Å². The maximum Gasteiger partial charge on any atom is 0.271 e. The first kappa shape index (κ1) is 14.7. The van der Waals surface area contributed by atoms with Gasteiger partial charge in [-0.3, -0.25) is 4.79 Å². The Bertz CT molecular complexity index is 698. The number of carbonyl (C=O) groups excluding carboxylic acids is 1. The summed E-state index contributed by atoms with van der Waals surface area (Å²) in [4.78, 5) is 12.0. The molecule has 0 aliphatic carbocycles. The summed E-state index contributed by atoms with van der Waals surface area (Å²) in [5.74, 6) is -0.301. The van der Waals surface area contributed by atoms with Crippen LogP contribution in [0.5, 0.6) is 11.5 Å². The van der Waals surface area contributed by atoms with Crippen LogP contribution < -0.4 is 9.47 Å². The molecule has 0 N–H and O–H groups in total. The van der Waals surface area contributed by atoms with Crippen LogP contribution in [-0.4, -0.2) is 39.4 Å². The fraction of sp³-hybridized carbons (Fsp3) is 0.250. The van der Waals surface area contributed by atoms with Gasteiger partial charge in [0.2, 0.25) is 0 Å². The molecule has 1 aromatic carbocycles. The molecule has 0 unspecified atom stereocenters. The van der Waals surface area contributed by atoms with E-state index in [1.54, 1.807) is 0 Å².